The van der Waals surface area contributed by atoms with E-state index < -0.39 is 0 Å². The van der Waals surface area contributed by atoms with Crippen molar-refractivity contribution in [3.63, 3.8) is 0 Å². The quantitative estimate of drug-likeness (QED) is 0.400. The van der Waals surface area contributed by atoms with E-state index >= 15 is 0 Å². The van der Waals surface area contributed by atoms with Gasteiger partial charge in [0.05, 0.1) is 6.61 Å². The lowest BCUT2D eigenvalue weighted by Crippen LogP contribution is -2.02. The third-order valence-electron chi connectivity index (χ3n) is 2.46. The van der Waals surface area contributed by atoms with Gasteiger partial charge in [0.2, 0.25) is 0 Å². The van der Waals surface area contributed by atoms with Crippen LogP contribution in [-0.2, 0) is 0 Å². The van der Waals surface area contributed by atoms with Crippen molar-refractivity contribution in [1.82, 2.24) is 0 Å². The van der Waals surface area contributed by atoms with Crippen LogP contribution >= 0.6 is 0 Å². The Balaban J connectivity index is 4.22. The van der Waals surface area contributed by atoms with Crippen molar-refractivity contribution in [2.75, 3.05) is 6.61 Å². The minimum absolute atomic E-state index is 0.0475. The minimum Gasteiger partial charge on any atom is -0.391 e. The van der Waals surface area contributed by atoms with Crippen molar-refractivity contribution < 1.29 is 5.11 Å². The normalized spacial score (nSPS) is 10.9. The predicted octanol–water partition coefficient (Wildman–Crippen LogP) is 3.08. The second kappa shape index (κ2) is 8.12. The summed E-state index contributed by atoms with van der Waals surface area (Å²) >= 11 is 0. The fraction of sp³-hybridized carbons (Fsp3) is 0.500. The molecule has 0 saturated heterocycles. The van der Waals surface area contributed by atoms with Crippen LogP contribution in [0.15, 0.2) is 30.0 Å². The summed E-state index contributed by atoms with van der Waals surface area (Å²) in [6.45, 7) is 11.4. The second-order valence-electron chi connectivity index (χ2n) is 3.65. The lowest BCUT2D eigenvalue weighted by atomic mass is 9.91. The van der Waals surface area contributed by atoms with Crippen LogP contribution in [0.1, 0.15) is 33.1 Å². The summed E-state index contributed by atoms with van der Waals surface area (Å²) in [4.78, 5) is 0. The van der Waals surface area contributed by atoms with Crippen LogP contribution < -0.4 is 0 Å². The number of rotatable bonds is 6. The molecule has 82 valence electrons. The Morgan fingerprint density at radius 2 is 2.13 bits per heavy atom. The second-order valence-corrected chi connectivity index (χ2v) is 3.65. The van der Waals surface area contributed by atoms with Gasteiger partial charge < -0.3 is 5.11 Å². The van der Waals surface area contributed by atoms with Crippen LogP contribution in [0.2, 0.25) is 0 Å². The molecule has 0 unspecified atom stereocenters. The molecule has 0 aliphatic rings. The number of aliphatic hydroxyl groups is 1. The summed E-state index contributed by atoms with van der Waals surface area (Å²) in [6.07, 6.45) is 2.63. The zero-order valence-corrected chi connectivity index (χ0v) is 9.77. The van der Waals surface area contributed by atoms with E-state index in [2.05, 4.69) is 30.7 Å². The van der Waals surface area contributed by atoms with Crippen molar-refractivity contribution in [3.05, 3.63) is 30.0 Å². The highest BCUT2D eigenvalue weighted by Gasteiger charge is 2.08. The van der Waals surface area contributed by atoms with Crippen LogP contribution in [0, 0.1) is 17.8 Å². The summed E-state index contributed by atoms with van der Waals surface area (Å²) in [5.74, 6) is 6.37. The van der Waals surface area contributed by atoms with E-state index in [4.69, 9.17) is 5.11 Å². The number of hydrogen-bond acceptors (Lipinski definition) is 1. The van der Waals surface area contributed by atoms with Crippen LogP contribution in [0.25, 0.3) is 0 Å². The molecule has 0 saturated carbocycles. The van der Waals surface area contributed by atoms with Gasteiger partial charge in [0.1, 0.15) is 0 Å². The maximum atomic E-state index is 8.96. The first-order valence-electron chi connectivity index (χ1n) is 5.19. The minimum atomic E-state index is 0.0475. The molecular weight excluding hydrogens is 184 g/mol. The SMILES string of the molecule is C=C=C(CO)CC[C@H](CC#CC)C(=C)C. The summed E-state index contributed by atoms with van der Waals surface area (Å²) in [5.41, 5.74) is 4.77. The molecule has 0 aromatic rings. The smallest absolute Gasteiger partial charge is 0.0715 e. The standard InChI is InChI=1S/C14H20O/c1-5-7-8-14(12(3)4)10-9-13(6-2)11-15/h14-15H,2-3,8-11H2,1,4H3/t14-/m0/s1. The zero-order valence-electron chi connectivity index (χ0n) is 9.77. The van der Waals surface area contributed by atoms with E-state index in [-0.39, 0.29) is 6.61 Å². The average molecular weight is 204 g/mol. The Morgan fingerprint density at radius 3 is 2.53 bits per heavy atom. The van der Waals surface area contributed by atoms with Crippen LogP contribution in [0.3, 0.4) is 0 Å². The molecule has 0 aliphatic heterocycles. The van der Waals surface area contributed by atoms with E-state index in [9.17, 15) is 0 Å². The monoisotopic (exact) mass is 204 g/mol. The highest BCUT2D eigenvalue weighted by Crippen LogP contribution is 2.20. The fourth-order valence-corrected chi connectivity index (χ4v) is 1.32. The molecule has 0 fully saturated rings. The highest BCUT2D eigenvalue weighted by molar-refractivity contribution is 5.07. The van der Waals surface area contributed by atoms with Crippen LogP contribution in [0.4, 0.5) is 0 Å². The predicted molar refractivity (Wildman–Crippen MR) is 65.3 cm³/mol. The fourth-order valence-electron chi connectivity index (χ4n) is 1.32. The Kier molecular flexibility index (Phi) is 7.46. The van der Waals surface area contributed by atoms with E-state index in [1.165, 1.54) is 0 Å². The Morgan fingerprint density at radius 1 is 1.47 bits per heavy atom. The first-order valence-corrected chi connectivity index (χ1v) is 5.19. The molecule has 0 aliphatic carbocycles. The zero-order chi connectivity index (χ0) is 11.7. The van der Waals surface area contributed by atoms with Gasteiger partial charge in [0, 0.05) is 6.42 Å². The first kappa shape index (κ1) is 13.8. The Hall–Kier alpha value is -1.22. The van der Waals surface area contributed by atoms with Crippen LogP contribution in [0.5, 0.6) is 0 Å². The van der Waals surface area contributed by atoms with Gasteiger partial charge in [-0.05, 0) is 38.2 Å². The number of hydrogen-bond donors (Lipinski definition) is 1. The molecular formula is C14H20O. The molecule has 0 rings (SSSR count). The summed E-state index contributed by atoms with van der Waals surface area (Å²) in [7, 11) is 0. The molecule has 1 heteroatoms. The maximum Gasteiger partial charge on any atom is 0.0715 e. The number of allylic oxidation sites excluding steroid dienone is 1. The molecule has 1 atom stereocenters. The topological polar surface area (TPSA) is 20.2 Å². The molecule has 0 bridgehead atoms. The van der Waals surface area contributed by atoms with Crippen molar-refractivity contribution in [2.24, 2.45) is 5.92 Å². The van der Waals surface area contributed by atoms with E-state index in [1.807, 2.05) is 13.8 Å². The van der Waals surface area contributed by atoms with Crippen LogP contribution in [-0.4, -0.2) is 11.7 Å². The van der Waals surface area contributed by atoms with Gasteiger partial charge in [-0.15, -0.1) is 17.6 Å². The van der Waals surface area contributed by atoms with Gasteiger partial charge in [0.25, 0.3) is 0 Å². The van der Waals surface area contributed by atoms with Gasteiger partial charge in [-0.3, -0.25) is 0 Å². The third kappa shape index (κ3) is 5.96. The lowest BCUT2D eigenvalue weighted by molar-refractivity contribution is 0.324. The molecule has 0 aromatic heterocycles. The van der Waals surface area contributed by atoms with Crippen molar-refractivity contribution in [3.8, 4) is 11.8 Å². The van der Waals surface area contributed by atoms with E-state index in [0.29, 0.717) is 5.92 Å². The molecule has 0 amide bonds. The first-order chi connectivity index (χ1) is 7.15. The molecule has 15 heavy (non-hydrogen) atoms. The van der Waals surface area contributed by atoms with Gasteiger partial charge in [0.15, 0.2) is 0 Å². The Bertz CT molecular complexity index is 308. The van der Waals surface area contributed by atoms with Gasteiger partial charge in [-0.2, -0.15) is 0 Å². The molecule has 0 heterocycles. The van der Waals surface area contributed by atoms with E-state index in [1.54, 1.807) is 0 Å². The molecule has 0 radical (unpaired) electrons. The number of aliphatic hydroxyl groups excluding tert-OH is 1. The molecule has 1 nitrogen and oxygen atoms in total. The average Bonchev–Trinajstić information content (AvgIpc) is 2.23. The van der Waals surface area contributed by atoms with Gasteiger partial charge >= 0.3 is 0 Å². The third-order valence-corrected chi connectivity index (χ3v) is 2.46. The van der Waals surface area contributed by atoms with Crippen molar-refractivity contribution >= 4 is 0 Å². The summed E-state index contributed by atoms with van der Waals surface area (Å²) in [6, 6.07) is 0. The lowest BCUT2D eigenvalue weighted by Gasteiger charge is -2.13. The van der Waals surface area contributed by atoms with Crippen molar-refractivity contribution in [2.45, 2.75) is 33.1 Å². The molecule has 1 N–H and O–H groups in total. The summed E-state index contributed by atoms with van der Waals surface area (Å²) in [5, 5.41) is 8.96. The molecule has 0 spiro atoms. The van der Waals surface area contributed by atoms with Crippen molar-refractivity contribution in [1.29, 1.82) is 0 Å². The van der Waals surface area contributed by atoms with Gasteiger partial charge in [-0.25, -0.2) is 0 Å². The largest absolute Gasteiger partial charge is 0.391 e. The summed E-state index contributed by atoms with van der Waals surface area (Å²) < 4.78 is 0. The van der Waals surface area contributed by atoms with E-state index in [0.717, 1.165) is 30.4 Å². The molecule has 0 aromatic carbocycles. The maximum absolute atomic E-state index is 8.96. The highest BCUT2D eigenvalue weighted by atomic mass is 16.3. The van der Waals surface area contributed by atoms with Gasteiger partial charge in [-0.1, -0.05) is 18.7 Å². The Labute approximate surface area is 93.2 Å².